The van der Waals surface area contributed by atoms with Crippen molar-refractivity contribution in [2.75, 3.05) is 70.2 Å². The summed E-state index contributed by atoms with van der Waals surface area (Å²) in [7, 11) is 4.20. The molecule has 0 radical (unpaired) electrons. The van der Waals surface area contributed by atoms with Gasteiger partial charge in [0.25, 0.3) is 0 Å². The van der Waals surface area contributed by atoms with Gasteiger partial charge in [0.15, 0.2) is 0 Å². The van der Waals surface area contributed by atoms with Crippen molar-refractivity contribution < 1.29 is 4.74 Å². The highest BCUT2D eigenvalue weighted by Gasteiger charge is 2.25. The third-order valence-electron chi connectivity index (χ3n) is 8.00. The standard InChI is InChI=1S/C30H47N7O/c1-35(2)16-8-20-38-26-12-10-24(11-13-26)22-36-17-7-9-25(23-36)32-30-33-28-14-15-31-21-27(28)29(34-30)37-18-5-3-4-6-19-37/h10-13,25,31H,3-9,14-23H2,1-2H3,(H,32,33,34). The minimum Gasteiger partial charge on any atom is -0.494 e. The van der Waals surface area contributed by atoms with Gasteiger partial charge in [0.2, 0.25) is 5.95 Å². The van der Waals surface area contributed by atoms with Gasteiger partial charge in [-0.05, 0) is 70.4 Å². The van der Waals surface area contributed by atoms with Gasteiger partial charge in [-0.3, -0.25) is 4.90 Å². The number of hydrogen-bond acceptors (Lipinski definition) is 8. The molecule has 8 heteroatoms. The molecule has 5 rings (SSSR count). The third-order valence-corrected chi connectivity index (χ3v) is 8.00. The summed E-state index contributed by atoms with van der Waals surface area (Å²) >= 11 is 0. The van der Waals surface area contributed by atoms with E-state index in [2.05, 4.69) is 63.7 Å². The number of rotatable bonds is 10. The van der Waals surface area contributed by atoms with Crippen LogP contribution in [0.25, 0.3) is 0 Å². The summed E-state index contributed by atoms with van der Waals surface area (Å²) < 4.78 is 5.91. The smallest absolute Gasteiger partial charge is 0.225 e. The molecule has 2 aromatic rings. The molecule has 208 valence electrons. The maximum Gasteiger partial charge on any atom is 0.225 e. The molecule has 2 fully saturated rings. The molecule has 1 unspecified atom stereocenters. The van der Waals surface area contributed by atoms with Crippen LogP contribution >= 0.6 is 0 Å². The highest BCUT2D eigenvalue weighted by Crippen LogP contribution is 2.28. The molecule has 0 aliphatic carbocycles. The summed E-state index contributed by atoms with van der Waals surface area (Å²) in [5.74, 6) is 2.96. The summed E-state index contributed by atoms with van der Waals surface area (Å²) in [6.45, 7) is 9.04. The van der Waals surface area contributed by atoms with E-state index in [0.717, 1.165) is 89.9 Å². The second-order valence-electron chi connectivity index (χ2n) is 11.5. The van der Waals surface area contributed by atoms with E-state index in [1.54, 1.807) is 0 Å². The fourth-order valence-corrected chi connectivity index (χ4v) is 5.95. The monoisotopic (exact) mass is 521 g/mol. The van der Waals surface area contributed by atoms with Crippen molar-refractivity contribution in [1.29, 1.82) is 0 Å². The molecular formula is C30H47N7O. The third kappa shape index (κ3) is 7.58. The molecule has 8 nitrogen and oxygen atoms in total. The first-order valence-electron chi connectivity index (χ1n) is 14.8. The molecule has 0 saturated carbocycles. The fourth-order valence-electron chi connectivity index (χ4n) is 5.95. The van der Waals surface area contributed by atoms with Gasteiger partial charge in [0.05, 0.1) is 12.3 Å². The normalized spacial score (nSPS) is 20.7. The Morgan fingerprint density at radius 3 is 2.63 bits per heavy atom. The second-order valence-corrected chi connectivity index (χ2v) is 11.5. The Morgan fingerprint density at radius 2 is 1.84 bits per heavy atom. The number of likely N-dealkylation sites (tertiary alicyclic amines) is 1. The Balaban J connectivity index is 1.18. The van der Waals surface area contributed by atoms with E-state index in [0.29, 0.717) is 6.04 Å². The van der Waals surface area contributed by atoms with Crippen molar-refractivity contribution in [3.05, 3.63) is 41.1 Å². The maximum atomic E-state index is 5.91. The molecule has 38 heavy (non-hydrogen) atoms. The zero-order chi connectivity index (χ0) is 26.2. The van der Waals surface area contributed by atoms with Crippen molar-refractivity contribution in [2.45, 2.75) is 70.5 Å². The van der Waals surface area contributed by atoms with Crippen LogP contribution in [0, 0.1) is 0 Å². The number of aromatic nitrogens is 2. The highest BCUT2D eigenvalue weighted by atomic mass is 16.5. The van der Waals surface area contributed by atoms with Crippen LogP contribution in [0.15, 0.2) is 24.3 Å². The predicted molar refractivity (Wildman–Crippen MR) is 155 cm³/mol. The van der Waals surface area contributed by atoms with Crippen molar-refractivity contribution in [3.63, 3.8) is 0 Å². The molecule has 0 bridgehead atoms. The molecule has 0 amide bonds. The Hall–Kier alpha value is -2.42. The van der Waals surface area contributed by atoms with Crippen molar-refractivity contribution in [3.8, 4) is 5.75 Å². The largest absolute Gasteiger partial charge is 0.494 e. The lowest BCUT2D eigenvalue weighted by Crippen LogP contribution is -2.42. The summed E-state index contributed by atoms with van der Waals surface area (Å²) in [6.07, 6.45) is 9.57. The van der Waals surface area contributed by atoms with E-state index < -0.39 is 0 Å². The second kappa shape index (κ2) is 13.6. The molecular weight excluding hydrogens is 474 g/mol. The SMILES string of the molecule is CN(C)CCCOc1ccc(CN2CCCC(Nc3nc4c(c(N5CCCCCC5)n3)CNCC4)C2)cc1. The zero-order valence-electron chi connectivity index (χ0n) is 23.6. The molecule has 3 aliphatic rings. The van der Waals surface area contributed by atoms with Crippen LogP contribution in [0.1, 0.15) is 61.8 Å². The number of benzene rings is 1. The summed E-state index contributed by atoms with van der Waals surface area (Å²) in [6, 6.07) is 9.04. The Bertz CT molecular complexity index is 1000. The number of nitrogens with zero attached hydrogens (tertiary/aromatic N) is 5. The van der Waals surface area contributed by atoms with Gasteiger partial charge >= 0.3 is 0 Å². The first-order chi connectivity index (χ1) is 18.6. The van der Waals surface area contributed by atoms with Crippen molar-refractivity contribution in [2.24, 2.45) is 0 Å². The predicted octanol–water partition coefficient (Wildman–Crippen LogP) is 3.91. The number of fused-ring (bicyclic) bond motifs is 1. The van der Waals surface area contributed by atoms with Crippen LogP contribution in [0.5, 0.6) is 5.75 Å². The average molecular weight is 522 g/mol. The first kappa shape index (κ1) is 27.2. The first-order valence-corrected chi connectivity index (χ1v) is 14.8. The summed E-state index contributed by atoms with van der Waals surface area (Å²) in [4.78, 5) is 17.4. The van der Waals surface area contributed by atoms with Crippen LogP contribution < -0.4 is 20.3 Å². The van der Waals surface area contributed by atoms with E-state index in [1.165, 1.54) is 54.7 Å². The minimum absolute atomic E-state index is 0.375. The van der Waals surface area contributed by atoms with Crippen LogP contribution in [0.2, 0.25) is 0 Å². The quantitative estimate of drug-likeness (QED) is 0.456. The lowest BCUT2D eigenvalue weighted by molar-refractivity contribution is 0.208. The van der Waals surface area contributed by atoms with Gasteiger partial charge in [0, 0.05) is 63.8 Å². The van der Waals surface area contributed by atoms with E-state index in [4.69, 9.17) is 14.7 Å². The Kier molecular flexibility index (Phi) is 9.71. The molecule has 2 saturated heterocycles. The van der Waals surface area contributed by atoms with Gasteiger partial charge < -0.3 is 25.2 Å². The van der Waals surface area contributed by atoms with Crippen LogP contribution in [-0.2, 0) is 19.5 Å². The molecule has 3 aliphatic heterocycles. The summed E-state index contributed by atoms with van der Waals surface area (Å²) in [5.41, 5.74) is 3.89. The van der Waals surface area contributed by atoms with Crippen LogP contribution in [0.4, 0.5) is 11.8 Å². The van der Waals surface area contributed by atoms with E-state index in [1.807, 2.05) is 0 Å². The molecule has 1 aromatic heterocycles. The number of piperidine rings is 1. The minimum atomic E-state index is 0.375. The van der Waals surface area contributed by atoms with E-state index in [9.17, 15) is 0 Å². The molecule has 1 atom stereocenters. The maximum absolute atomic E-state index is 5.91. The van der Waals surface area contributed by atoms with Gasteiger partial charge in [0.1, 0.15) is 11.6 Å². The van der Waals surface area contributed by atoms with Crippen molar-refractivity contribution in [1.82, 2.24) is 25.1 Å². The average Bonchev–Trinajstić information content (AvgIpc) is 3.21. The summed E-state index contributed by atoms with van der Waals surface area (Å²) in [5, 5.41) is 7.30. The van der Waals surface area contributed by atoms with Crippen molar-refractivity contribution >= 4 is 11.8 Å². The van der Waals surface area contributed by atoms with Gasteiger partial charge in [-0.15, -0.1) is 0 Å². The number of anilines is 2. The van der Waals surface area contributed by atoms with Gasteiger partial charge in [-0.1, -0.05) is 25.0 Å². The Labute approximate surface area is 229 Å². The lowest BCUT2D eigenvalue weighted by Gasteiger charge is -2.34. The zero-order valence-corrected chi connectivity index (χ0v) is 23.6. The van der Waals surface area contributed by atoms with E-state index >= 15 is 0 Å². The topological polar surface area (TPSA) is 68.8 Å². The number of nitrogens with one attached hydrogen (secondary N) is 2. The molecule has 4 heterocycles. The molecule has 0 spiro atoms. The van der Waals surface area contributed by atoms with Crippen LogP contribution in [0.3, 0.4) is 0 Å². The molecule has 2 N–H and O–H groups in total. The van der Waals surface area contributed by atoms with E-state index in [-0.39, 0.29) is 0 Å². The van der Waals surface area contributed by atoms with Gasteiger partial charge in [-0.2, -0.15) is 4.98 Å². The number of ether oxygens (including phenoxy) is 1. The van der Waals surface area contributed by atoms with Gasteiger partial charge in [-0.25, -0.2) is 4.98 Å². The Morgan fingerprint density at radius 1 is 1.03 bits per heavy atom. The number of hydrogen-bond donors (Lipinski definition) is 2. The van der Waals surface area contributed by atoms with Crippen LogP contribution in [-0.4, -0.2) is 85.8 Å². The molecule has 1 aromatic carbocycles. The highest BCUT2D eigenvalue weighted by molar-refractivity contribution is 5.54. The fraction of sp³-hybridized carbons (Fsp3) is 0.667. The lowest BCUT2D eigenvalue weighted by atomic mass is 10.0.